The van der Waals surface area contributed by atoms with Crippen LogP contribution in [-0.2, 0) is 20.4 Å². The number of amides is 1. The van der Waals surface area contributed by atoms with Gasteiger partial charge in [-0.2, -0.15) is 0 Å². The largest absolute Gasteiger partial charge is 0.357 e. The smallest absolute Gasteiger partial charge is 0.222 e. The van der Waals surface area contributed by atoms with Crippen molar-refractivity contribution in [3.8, 4) is 0 Å². The van der Waals surface area contributed by atoms with E-state index in [1.165, 1.54) is 0 Å². The first-order valence-corrected chi connectivity index (χ1v) is 11.9. The number of benzene rings is 1. The summed E-state index contributed by atoms with van der Waals surface area (Å²) in [6.45, 7) is 5.51. The van der Waals surface area contributed by atoms with Gasteiger partial charge in [0.15, 0.2) is 15.8 Å². The molecule has 0 unspecified atom stereocenters. The number of sulfone groups is 1. The van der Waals surface area contributed by atoms with Crippen LogP contribution in [0.4, 0.5) is 0 Å². The van der Waals surface area contributed by atoms with E-state index in [4.69, 9.17) is 0 Å². The van der Waals surface area contributed by atoms with Crippen LogP contribution in [0.2, 0.25) is 0 Å². The van der Waals surface area contributed by atoms with Crippen molar-refractivity contribution in [2.24, 2.45) is 4.99 Å². The second-order valence-electron chi connectivity index (χ2n) is 6.96. The standard InChI is InChI=1S/C20H32N4O3S.HI/c1-2-21-20(22-12-7-15-24-14-6-11-19(24)25)23-13-8-16-28(26,27)17-18-9-4-3-5-10-18;/h3-5,9-10H,2,6-8,11-17H2,1H3,(H2,21,22,23);1H. The molecule has 0 radical (unpaired) electrons. The van der Waals surface area contributed by atoms with Crippen LogP contribution in [0.15, 0.2) is 35.3 Å². The van der Waals surface area contributed by atoms with Crippen molar-refractivity contribution < 1.29 is 13.2 Å². The number of hydrogen-bond donors (Lipinski definition) is 2. The number of hydrogen-bond acceptors (Lipinski definition) is 4. The quantitative estimate of drug-likeness (QED) is 0.196. The molecule has 1 aliphatic heterocycles. The summed E-state index contributed by atoms with van der Waals surface area (Å²) in [5, 5.41) is 6.35. The zero-order valence-corrected chi connectivity index (χ0v) is 20.2. The van der Waals surface area contributed by atoms with Gasteiger partial charge in [-0.15, -0.1) is 24.0 Å². The molecule has 1 saturated heterocycles. The summed E-state index contributed by atoms with van der Waals surface area (Å²) >= 11 is 0. The molecule has 0 spiro atoms. The van der Waals surface area contributed by atoms with Crippen molar-refractivity contribution in [2.45, 2.75) is 38.4 Å². The summed E-state index contributed by atoms with van der Waals surface area (Å²) in [5.74, 6) is 1.16. The molecule has 9 heteroatoms. The Labute approximate surface area is 191 Å². The van der Waals surface area contributed by atoms with Gasteiger partial charge in [0.2, 0.25) is 5.91 Å². The fraction of sp³-hybridized carbons (Fsp3) is 0.600. The highest BCUT2D eigenvalue weighted by molar-refractivity contribution is 14.0. The molecule has 1 fully saturated rings. The molecule has 0 bridgehead atoms. The van der Waals surface area contributed by atoms with Gasteiger partial charge in [-0.25, -0.2) is 8.42 Å². The lowest BCUT2D eigenvalue weighted by Crippen LogP contribution is -2.38. The van der Waals surface area contributed by atoms with Crippen molar-refractivity contribution in [1.82, 2.24) is 15.5 Å². The van der Waals surface area contributed by atoms with E-state index in [9.17, 15) is 13.2 Å². The first-order chi connectivity index (χ1) is 13.5. The highest BCUT2D eigenvalue weighted by atomic mass is 127. The molecule has 164 valence electrons. The van der Waals surface area contributed by atoms with Gasteiger partial charge in [0, 0.05) is 39.1 Å². The van der Waals surface area contributed by atoms with E-state index in [0.717, 1.165) is 38.0 Å². The molecule has 2 rings (SSSR count). The fourth-order valence-electron chi connectivity index (χ4n) is 3.13. The topological polar surface area (TPSA) is 90.9 Å². The van der Waals surface area contributed by atoms with Crippen LogP contribution in [0.1, 0.15) is 38.2 Å². The average Bonchev–Trinajstić information content (AvgIpc) is 3.07. The van der Waals surface area contributed by atoms with Crippen LogP contribution in [0.5, 0.6) is 0 Å². The Hall–Kier alpha value is -1.36. The molecule has 1 aliphatic rings. The fourth-order valence-corrected chi connectivity index (χ4v) is 4.56. The lowest BCUT2D eigenvalue weighted by atomic mass is 10.2. The van der Waals surface area contributed by atoms with Crippen molar-refractivity contribution in [3.63, 3.8) is 0 Å². The minimum atomic E-state index is -3.12. The number of rotatable bonds is 11. The Bertz CT molecular complexity index is 741. The molecule has 1 heterocycles. The van der Waals surface area contributed by atoms with E-state index in [2.05, 4.69) is 15.6 Å². The molecule has 1 aromatic rings. The summed E-state index contributed by atoms with van der Waals surface area (Å²) in [6.07, 6.45) is 2.98. The van der Waals surface area contributed by atoms with Gasteiger partial charge in [0.1, 0.15) is 0 Å². The van der Waals surface area contributed by atoms with E-state index in [0.29, 0.717) is 31.9 Å². The molecular weight excluding hydrogens is 503 g/mol. The molecule has 1 amide bonds. The van der Waals surface area contributed by atoms with E-state index >= 15 is 0 Å². The Morgan fingerprint density at radius 2 is 1.93 bits per heavy atom. The number of guanidine groups is 1. The van der Waals surface area contributed by atoms with Crippen molar-refractivity contribution in [2.75, 3.05) is 38.5 Å². The van der Waals surface area contributed by atoms with Crippen LogP contribution in [-0.4, -0.2) is 63.7 Å². The Morgan fingerprint density at radius 1 is 1.17 bits per heavy atom. The Balaban J connectivity index is 0.00000420. The molecular formula is C20H33IN4O3S. The molecule has 0 aromatic heterocycles. The van der Waals surface area contributed by atoms with Gasteiger partial charge in [-0.05, 0) is 31.7 Å². The highest BCUT2D eigenvalue weighted by Crippen LogP contribution is 2.09. The summed E-state index contributed by atoms with van der Waals surface area (Å²) in [4.78, 5) is 18.0. The van der Waals surface area contributed by atoms with Gasteiger partial charge in [-0.3, -0.25) is 9.79 Å². The second-order valence-corrected chi connectivity index (χ2v) is 9.14. The minimum absolute atomic E-state index is 0. The SMILES string of the molecule is CCNC(=NCCCN1CCCC1=O)NCCCS(=O)(=O)Cc1ccccc1.I. The van der Waals surface area contributed by atoms with Gasteiger partial charge < -0.3 is 15.5 Å². The van der Waals surface area contributed by atoms with Crippen LogP contribution in [0.3, 0.4) is 0 Å². The number of likely N-dealkylation sites (tertiary alicyclic amines) is 1. The maximum absolute atomic E-state index is 12.2. The number of carbonyl (C=O) groups is 1. The predicted molar refractivity (Wildman–Crippen MR) is 128 cm³/mol. The zero-order chi connectivity index (χ0) is 20.2. The number of nitrogens with one attached hydrogen (secondary N) is 2. The molecule has 29 heavy (non-hydrogen) atoms. The summed E-state index contributed by atoms with van der Waals surface area (Å²) < 4.78 is 24.5. The lowest BCUT2D eigenvalue weighted by molar-refractivity contribution is -0.127. The zero-order valence-electron chi connectivity index (χ0n) is 17.1. The molecule has 0 aliphatic carbocycles. The van der Waals surface area contributed by atoms with Crippen LogP contribution < -0.4 is 10.6 Å². The van der Waals surface area contributed by atoms with E-state index in [-0.39, 0.29) is 41.4 Å². The lowest BCUT2D eigenvalue weighted by Gasteiger charge is -2.15. The normalized spacial score (nSPS) is 14.6. The number of aliphatic imine (C=N–C) groups is 1. The first kappa shape index (κ1) is 25.7. The molecule has 0 saturated carbocycles. The predicted octanol–water partition coefficient (Wildman–Crippen LogP) is 2.18. The van der Waals surface area contributed by atoms with Gasteiger partial charge >= 0.3 is 0 Å². The second kappa shape index (κ2) is 13.8. The van der Waals surface area contributed by atoms with Crippen molar-refractivity contribution >= 4 is 45.7 Å². The molecule has 1 aromatic carbocycles. The van der Waals surface area contributed by atoms with Crippen LogP contribution in [0.25, 0.3) is 0 Å². The van der Waals surface area contributed by atoms with Crippen molar-refractivity contribution in [3.05, 3.63) is 35.9 Å². The molecule has 0 atom stereocenters. The highest BCUT2D eigenvalue weighted by Gasteiger charge is 2.18. The number of nitrogens with zero attached hydrogens (tertiary/aromatic N) is 2. The van der Waals surface area contributed by atoms with Crippen molar-refractivity contribution in [1.29, 1.82) is 0 Å². The Morgan fingerprint density at radius 3 is 2.59 bits per heavy atom. The van der Waals surface area contributed by atoms with E-state index in [1.807, 2.05) is 42.2 Å². The number of carbonyl (C=O) groups excluding carboxylic acids is 1. The maximum Gasteiger partial charge on any atom is 0.222 e. The average molecular weight is 536 g/mol. The molecule has 7 nitrogen and oxygen atoms in total. The van der Waals surface area contributed by atoms with Crippen LogP contribution in [0, 0.1) is 0 Å². The molecule has 2 N–H and O–H groups in total. The Kier molecular flexibility index (Phi) is 12.2. The van der Waals surface area contributed by atoms with Gasteiger partial charge in [-0.1, -0.05) is 30.3 Å². The monoisotopic (exact) mass is 536 g/mol. The third-order valence-electron chi connectivity index (χ3n) is 4.53. The van der Waals surface area contributed by atoms with Gasteiger partial charge in [0.25, 0.3) is 0 Å². The maximum atomic E-state index is 12.2. The van der Waals surface area contributed by atoms with Gasteiger partial charge in [0.05, 0.1) is 11.5 Å². The number of halogens is 1. The summed E-state index contributed by atoms with van der Waals surface area (Å²) in [7, 11) is -3.12. The third kappa shape index (κ3) is 10.3. The van der Waals surface area contributed by atoms with Crippen LogP contribution >= 0.6 is 24.0 Å². The summed E-state index contributed by atoms with van der Waals surface area (Å²) in [5.41, 5.74) is 0.821. The summed E-state index contributed by atoms with van der Waals surface area (Å²) in [6, 6.07) is 9.25. The first-order valence-electron chi connectivity index (χ1n) is 10.0. The van der Waals surface area contributed by atoms with E-state index < -0.39 is 9.84 Å². The third-order valence-corrected chi connectivity index (χ3v) is 6.21. The van der Waals surface area contributed by atoms with E-state index in [1.54, 1.807) is 0 Å². The minimum Gasteiger partial charge on any atom is -0.357 e.